The molecule has 19 heavy (non-hydrogen) atoms. The Bertz CT molecular complexity index is 619. The minimum absolute atomic E-state index is 0.00836. The topological polar surface area (TPSA) is 73.6 Å². The Hall–Kier alpha value is -2.50. The number of carboxylic acids is 1. The van der Waals surface area contributed by atoms with Crippen LogP contribution in [0.15, 0.2) is 24.5 Å². The van der Waals surface area contributed by atoms with E-state index in [9.17, 15) is 4.79 Å². The maximum atomic E-state index is 11.2. The van der Waals surface area contributed by atoms with Gasteiger partial charge in [-0.1, -0.05) is 0 Å². The summed E-state index contributed by atoms with van der Waals surface area (Å²) < 4.78 is 12.1. The SMILES string of the molecule is COc1ccc(-c2c(C(=O)O)ncn2C)c(OC)c1. The molecule has 0 amide bonds. The molecule has 1 N–H and O–H groups in total. The Morgan fingerprint density at radius 2 is 2.05 bits per heavy atom. The summed E-state index contributed by atoms with van der Waals surface area (Å²) in [4.78, 5) is 15.1. The standard InChI is InChI=1S/C13H14N2O4/c1-15-7-14-11(13(16)17)12(15)9-5-4-8(18-2)6-10(9)19-3/h4-7H,1-3H3,(H,16,17). The van der Waals surface area contributed by atoms with E-state index in [0.717, 1.165) is 0 Å². The van der Waals surface area contributed by atoms with Gasteiger partial charge >= 0.3 is 5.97 Å². The average molecular weight is 262 g/mol. The fourth-order valence-corrected chi connectivity index (χ4v) is 1.90. The second-order valence-corrected chi connectivity index (χ2v) is 3.92. The molecule has 1 heterocycles. The number of imidazole rings is 1. The fraction of sp³-hybridized carbons (Fsp3) is 0.231. The molecule has 6 heteroatoms. The molecule has 100 valence electrons. The van der Waals surface area contributed by atoms with Gasteiger partial charge < -0.3 is 19.1 Å². The van der Waals surface area contributed by atoms with E-state index >= 15 is 0 Å². The summed E-state index contributed by atoms with van der Waals surface area (Å²) in [5.41, 5.74) is 1.14. The van der Waals surface area contributed by atoms with Crippen molar-refractivity contribution in [3.05, 3.63) is 30.2 Å². The van der Waals surface area contributed by atoms with Crippen molar-refractivity contribution in [1.29, 1.82) is 0 Å². The number of nitrogens with zero attached hydrogens (tertiary/aromatic N) is 2. The minimum atomic E-state index is -1.08. The summed E-state index contributed by atoms with van der Waals surface area (Å²) in [6.07, 6.45) is 1.46. The summed E-state index contributed by atoms with van der Waals surface area (Å²) in [5.74, 6) is 0.0959. The number of aryl methyl sites for hydroxylation is 1. The zero-order chi connectivity index (χ0) is 14.0. The molecule has 2 rings (SSSR count). The lowest BCUT2D eigenvalue weighted by Crippen LogP contribution is -2.02. The van der Waals surface area contributed by atoms with Crippen LogP contribution in [0.25, 0.3) is 11.3 Å². The van der Waals surface area contributed by atoms with Crippen molar-refractivity contribution in [3.63, 3.8) is 0 Å². The van der Waals surface area contributed by atoms with E-state index in [1.807, 2.05) is 0 Å². The van der Waals surface area contributed by atoms with Gasteiger partial charge in [0.2, 0.25) is 0 Å². The molecule has 0 bridgehead atoms. The van der Waals surface area contributed by atoms with Crippen LogP contribution < -0.4 is 9.47 Å². The molecule has 0 spiro atoms. The molecule has 0 saturated heterocycles. The fourth-order valence-electron chi connectivity index (χ4n) is 1.90. The molecule has 1 aromatic heterocycles. The van der Waals surface area contributed by atoms with Crippen LogP contribution in [-0.4, -0.2) is 34.8 Å². The van der Waals surface area contributed by atoms with E-state index < -0.39 is 5.97 Å². The molecule has 0 radical (unpaired) electrons. The third-order valence-corrected chi connectivity index (χ3v) is 2.80. The number of hydrogen-bond acceptors (Lipinski definition) is 4. The molecule has 6 nitrogen and oxygen atoms in total. The average Bonchev–Trinajstić information content (AvgIpc) is 2.80. The summed E-state index contributed by atoms with van der Waals surface area (Å²) in [6, 6.07) is 5.20. The van der Waals surface area contributed by atoms with Gasteiger partial charge in [-0.2, -0.15) is 0 Å². The number of rotatable bonds is 4. The molecule has 0 aliphatic heterocycles. The third kappa shape index (κ3) is 2.24. The Morgan fingerprint density at radius 3 is 2.63 bits per heavy atom. The van der Waals surface area contributed by atoms with Gasteiger partial charge in [-0.05, 0) is 12.1 Å². The Kier molecular flexibility index (Phi) is 3.41. The first-order valence-corrected chi connectivity index (χ1v) is 5.55. The number of ether oxygens (including phenoxy) is 2. The van der Waals surface area contributed by atoms with Gasteiger partial charge in [0.05, 0.1) is 26.2 Å². The maximum Gasteiger partial charge on any atom is 0.356 e. The first kappa shape index (κ1) is 12.9. The largest absolute Gasteiger partial charge is 0.497 e. The second-order valence-electron chi connectivity index (χ2n) is 3.92. The Balaban J connectivity index is 2.65. The van der Waals surface area contributed by atoms with Crippen LogP contribution in [0, 0.1) is 0 Å². The molecule has 0 fully saturated rings. The van der Waals surface area contributed by atoms with Gasteiger partial charge in [-0.15, -0.1) is 0 Å². The van der Waals surface area contributed by atoms with Crippen LogP contribution in [0.2, 0.25) is 0 Å². The number of benzene rings is 1. The number of carboxylic acid groups (broad SMARTS) is 1. The van der Waals surface area contributed by atoms with Crippen molar-refractivity contribution in [2.45, 2.75) is 0 Å². The summed E-state index contributed by atoms with van der Waals surface area (Å²) in [6.45, 7) is 0. The number of aromatic carboxylic acids is 1. The summed E-state index contributed by atoms with van der Waals surface area (Å²) in [5, 5.41) is 9.16. The monoisotopic (exact) mass is 262 g/mol. The molecular weight excluding hydrogens is 248 g/mol. The van der Waals surface area contributed by atoms with E-state index in [0.29, 0.717) is 22.8 Å². The molecule has 0 aliphatic carbocycles. The minimum Gasteiger partial charge on any atom is -0.497 e. The zero-order valence-corrected chi connectivity index (χ0v) is 10.9. The molecule has 2 aromatic rings. The van der Waals surface area contributed by atoms with Crippen molar-refractivity contribution in [2.75, 3.05) is 14.2 Å². The van der Waals surface area contributed by atoms with Gasteiger partial charge in [0.1, 0.15) is 11.5 Å². The van der Waals surface area contributed by atoms with Gasteiger partial charge in [-0.3, -0.25) is 0 Å². The maximum absolute atomic E-state index is 11.2. The van der Waals surface area contributed by atoms with E-state index in [4.69, 9.17) is 14.6 Å². The third-order valence-electron chi connectivity index (χ3n) is 2.80. The highest BCUT2D eigenvalue weighted by Gasteiger charge is 2.20. The second kappa shape index (κ2) is 5.01. The smallest absolute Gasteiger partial charge is 0.356 e. The van der Waals surface area contributed by atoms with E-state index in [1.165, 1.54) is 13.4 Å². The van der Waals surface area contributed by atoms with Crippen molar-refractivity contribution in [2.24, 2.45) is 7.05 Å². The summed E-state index contributed by atoms with van der Waals surface area (Å²) >= 11 is 0. The lowest BCUT2D eigenvalue weighted by molar-refractivity contribution is 0.0692. The van der Waals surface area contributed by atoms with Crippen molar-refractivity contribution in [3.8, 4) is 22.8 Å². The molecule has 0 unspecified atom stereocenters. The summed E-state index contributed by atoms with van der Waals surface area (Å²) in [7, 11) is 4.81. The highest BCUT2D eigenvalue weighted by Crippen LogP contribution is 2.34. The lowest BCUT2D eigenvalue weighted by Gasteiger charge is -2.11. The Morgan fingerprint density at radius 1 is 1.32 bits per heavy atom. The zero-order valence-electron chi connectivity index (χ0n) is 10.9. The van der Waals surface area contributed by atoms with E-state index in [2.05, 4.69) is 4.98 Å². The molecular formula is C13H14N2O4. The first-order chi connectivity index (χ1) is 9.08. The predicted octanol–water partition coefficient (Wildman–Crippen LogP) is 1.80. The number of aromatic nitrogens is 2. The van der Waals surface area contributed by atoms with Crippen molar-refractivity contribution in [1.82, 2.24) is 9.55 Å². The van der Waals surface area contributed by atoms with Gasteiger partial charge in [0, 0.05) is 18.7 Å². The van der Waals surface area contributed by atoms with Crippen LogP contribution in [0.1, 0.15) is 10.5 Å². The number of carbonyl (C=O) groups is 1. The Labute approximate surface area is 110 Å². The van der Waals surface area contributed by atoms with Crippen LogP contribution in [0.4, 0.5) is 0 Å². The van der Waals surface area contributed by atoms with Crippen molar-refractivity contribution < 1.29 is 19.4 Å². The lowest BCUT2D eigenvalue weighted by atomic mass is 10.1. The van der Waals surface area contributed by atoms with Crippen molar-refractivity contribution >= 4 is 5.97 Å². The number of methoxy groups -OCH3 is 2. The first-order valence-electron chi connectivity index (χ1n) is 5.55. The van der Waals surface area contributed by atoms with E-state index in [-0.39, 0.29) is 5.69 Å². The van der Waals surface area contributed by atoms with Gasteiger partial charge in [0.25, 0.3) is 0 Å². The van der Waals surface area contributed by atoms with Crippen LogP contribution >= 0.6 is 0 Å². The normalized spacial score (nSPS) is 10.3. The molecule has 1 aromatic carbocycles. The van der Waals surface area contributed by atoms with Crippen LogP contribution in [0.5, 0.6) is 11.5 Å². The highest BCUT2D eigenvalue weighted by molar-refractivity contribution is 5.94. The quantitative estimate of drug-likeness (QED) is 0.909. The molecule has 0 aliphatic rings. The van der Waals surface area contributed by atoms with Gasteiger partial charge in [0.15, 0.2) is 5.69 Å². The number of hydrogen-bond donors (Lipinski definition) is 1. The predicted molar refractivity (Wildman–Crippen MR) is 68.7 cm³/mol. The van der Waals surface area contributed by atoms with Crippen LogP contribution in [-0.2, 0) is 7.05 Å². The highest BCUT2D eigenvalue weighted by atomic mass is 16.5. The van der Waals surface area contributed by atoms with Crippen LogP contribution in [0.3, 0.4) is 0 Å². The molecule has 0 atom stereocenters. The van der Waals surface area contributed by atoms with E-state index in [1.54, 1.807) is 36.9 Å². The molecule has 0 saturated carbocycles. The van der Waals surface area contributed by atoms with Gasteiger partial charge in [-0.25, -0.2) is 9.78 Å².